The molecule has 0 saturated carbocycles. The van der Waals surface area contributed by atoms with Gasteiger partial charge in [0.2, 0.25) is 0 Å². The molecule has 0 bridgehead atoms. The van der Waals surface area contributed by atoms with Crippen molar-refractivity contribution in [2.24, 2.45) is 0 Å². The number of benzene rings is 1. The normalized spacial score (nSPS) is 10.4. The molecule has 5 heteroatoms. The van der Waals surface area contributed by atoms with Crippen LogP contribution in [0.5, 0.6) is 11.5 Å². The van der Waals surface area contributed by atoms with Crippen LogP contribution >= 0.6 is 11.3 Å². The van der Waals surface area contributed by atoms with Crippen LogP contribution in [0.1, 0.15) is 26.4 Å². The smallest absolute Gasteiger partial charge is 0.252 e. The van der Waals surface area contributed by atoms with Crippen molar-refractivity contribution in [2.45, 2.75) is 20.3 Å². The highest BCUT2D eigenvalue weighted by Gasteiger charge is 2.12. The van der Waals surface area contributed by atoms with E-state index in [1.165, 1.54) is 4.88 Å². The van der Waals surface area contributed by atoms with E-state index in [0.29, 0.717) is 18.0 Å². The molecule has 1 heterocycles. The molecule has 1 amide bonds. The Morgan fingerprint density at radius 2 is 1.91 bits per heavy atom. The van der Waals surface area contributed by atoms with Crippen LogP contribution in [0.2, 0.25) is 0 Å². The zero-order chi connectivity index (χ0) is 16.1. The number of carbonyl (C=O) groups is 1. The van der Waals surface area contributed by atoms with Crippen molar-refractivity contribution >= 4 is 17.2 Å². The van der Waals surface area contributed by atoms with Gasteiger partial charge in [-0.25, -0.2) is 0 Å². The van der Waals surface area contributed by atoms with Crippen molar-refractivity contribution in [3.8, 4) is 11.5 Å². The van der Waals surface area contributed by atoms with Crippen molar-refractivity contribution in [2.75, 3.05) is 20.8 Å². The van der Waals surface area contributed by atoms with Gasteiger partial charge in [-0.3, -0.25) is 4.79 Å². The second-order valence-electron chi connectivity index (χ2n) is 5.03. The lowest BCUT2D eigenvalue weighted by Gasteiger charge is -2.10. The van der Waals surface area contributed by atoms with E-state index in [1.807, 2.05) is 37.4 Å². The fourth-order valence-corrected chi connectivity index (χ4v) is 3.05. The van der Waals surface area contributed by atoms with Crippen LogP contribution in [0, 0.1) is 13.8 Å². The van der Waals surface area contributed by atoms with E-state index < -0.39 is 0 Å². The number of hydrogen-bond acceptors (Lipinski definition) is 4. The van der Waals surface area contributed by atoms with Gasteiger partial charge in [0.05, 0.1) is 19.8 Å². The molecule has 0 fully saturated rings. The molecule has 22 heavy (non-hydrogen) atoms. The Morgan fingerprint density at radius 1 is 1.18 bits per heavy atom. The van der Waals surface area contributed by atoms with Gasteiger partial charge in [-0.2, -0.15) is 0 Å². The zero-order valence-electron chi connectivity index (χ0n) is 13.4. The summed E-state index contributed by atoms with van der Waals surface area (Å²) in [6.45, 7) is 4.60. The van der Waals surface area contributed by atoms with Gasteiger partial charge in [0.1, 0.15) is 0 Å². The number of methoxy groups -OCH3 is 2. The fraction of sp³-hybridized carbons (Fsp3) is 0.353. The molecule has 0 aliphatic heterocycles. The first-order chi connectivity index (χ1) is 10.6. The quantitative estimate of drug-likeness (QED) is 0.888. The van der Waals surface area contributed by atoms with E-state index in [2.05, 4.69) is 5.32 Å². The van der Waals surface area contributed by atoms with Gasteiger partial charge < -0.3 is 14.8 Å². The van der Waals surface area contributed by atoms with Gasteiger partial charge in [0.15, 0.2) is 11.5 Å². The molecule has 0 saturated heterocycles. The van der Waals surface area contributed by atoms with E-state index in [9.17, 15) is 4.79 Å². The lowest BCUT2D eigenvalue weighted by molar-refractivity contribution is 0.0954. The Bertz CT molecular complexity index is 664. The summed E-state index contributed by atoms with van der Waals surface area (Å²) in [4.78, 5) is 13.3. The Hall–Kier alpha value is -2.01. The molecule has 4 nitrogen and oxygen atoms in total. The van der Waals surface area contributed by atoms with Crippen LogP contribution in [0.15, 0.2) is 23.6 Å². The molecule has 1 N–H and O–H groups in total. The van der Waals surface area contributed by atoms with Gasteiger partial charge in [-0.05, 0) is 43.5 Å². The molecular formula is C17H21NO3S. The van der Waals surface area contributed by atoms with Crippen molar-refractivity contribution < 1.29 is 14.3 Å². The molecule has 0 radical (unpaired) electrons. The maximum atomic E-state index is 12.1. The molecule has 0 unspecified atom stereocenters. The molecule has 118 valence electrons. The van der Waals surface area contributed by atoms with Crippen LogP contribution < -0.4 is 14.8 Å². The minimum Gasteiger partial charge on any atom is -0.493 e. The van der Waals surface area contributed by atoms with Crippen LogP contribution in [0.4, 0.5) is 0 Å². The molecule has 2 aromatic rings. The second kappa shape index (κ2) is 7.31. The minimum atomic E-state index is -0.0117. The number of carbonyl (C=O) groups excluding carboxylic acids is 1. The number of nitrogens with one attached hydrogen (secondary N) is 1. The first kappa shape index (κ1) is 16.4. The summed E-state index contributed by atoms with van der Waals surface area (Å²) < 4.78 is 10.5. The van der Waals surface area contributed by atoms with Gasteiger partial charge in [-0.15, -0.1) is 11.3 Å². The SMILES string of the molecule is COc1ccc(CCNC(=O)c2csc(C)c2C)cc1OC. The van der Waals surface area contributed by atoms with Crippen LogP contribution in [0.25, 0.3) is 0 Å². The third kappa shape index (κ3) is 3.60. The van der Waals surface area contributed by atoms with Crippen molar-refractivity contribution in [1.29, 1.82) is 0 Å². The number of aryl methyl sites for hydroxylation is 1. The van der Waals surface area contributed by atoms with E-state index in [-0.39, 0.29) is 5.91 Å². The number of thiophene rings is 1. The minimum absolute atomic E-state index is 0.0117. The summed E-state index contributed by atoms with van der Waals surface area (Å²) in [6.07, 6.45) is 0.744. The number of ether oxygens (including phenoxy) is 2. The average molecular weight is 319 g/mol. The molecule has 0 aliphatic rings. The highest BCUT2D eigenvalue weighted by molar-refractivity contribution is 7.10. The maximum Gasteiger partial charge on any atom is 0.252 e. The topological polar surface area (TPSA) is 47.6 Å². The van der Waals surface area contributed by atoms with E-state index in [1.54, 1.807) is 25.6 Å². The predicted octanol–water partition coefficient (Wildman–Crippen LogP) is 3.35. The molecule has 0 atom stereocenters. The largest absolute Gasteiger partial charge is 0.493 e. The zero-order valence-corrected chi connectivity index (χ0v) is 14.2. The van der Waals surface area contributed by atoms with Crippen molar-refractivity contribution in [3.63, 3.8) is 0 Å². The third-order valence-electron chi connectivity index (χ3n) is 3.68. The second-order valence-corrected chi connectivity index (χ2v) is 6.11. The highest BCUT2D eigenvalue weighted by atomic mass is 32.1. The highest BCUT2D eigenvalue weighted by Crippen LogP contribution is 2.27. The Kier molecular flexibility index (Phi) is 5.44. The van der Waals surface area contributed by atoms with E-state index in [4.69, 9.17) is 9.47 Å². The van der Waals surface area contributed by atoms with E-state index >= 15 is 0 Å². The fourth-order valence-electron chi connectivity index (χ4n) is 2.19. The first-order valence-corrected chi connectivity index (χ1v) is 7.98. The molecule has 0 spiro atoms. The molecule has 1 aromatic heterocycles. The summed E-state index contributed by atoms with van der Waals surface area (Å²) in [5, 5.41) is 4.88. The number of rotatable bonds is 6. The van der Waals surface area contributed by atoms with Gasteiger partial charge in [0, 0.05) is 16.8 Å². The lowest BCUT2D eigenvalue weighted by atomic mass is 10.1. The molecule has 1 aromatic carbocycles. The van der Waals surface area contributed by atoms with Crippen molar-refractivity contribution in [1.82, 2.24) is 5.32 Å². The van der Waals surface area contributed by atoms with Gasteiger partial charge in [-0.1, -0.05) is 6.07 Å². The molecule has 0 aliphatic carbocycles. The number of amides is 1. The molecule has 2 rings (SSSR count). The summed E-state index contributed by atoms with van der Waals surface area (Å²) in [7, 11) is 3.23. The Balaban J connectivity index is 1.94. The first-order valence-electron chi connectivity index (χ1n) is 7.10. The Morgan fingerprint density at radius 3 is 2.50 bits per heavy atom. The van der Waals surface area contributed by atoms with E-state index in [0.717, 1.165) is 23.1 Å². The average Bonchev–Trinajstić information content (AvgIpc) is 2.86. The van der Waals surface area contributed by atoms with Crippen LogP contribution in [-0.4, -0.2) is 26.7 Å². The van der Waals surface area contributed by atoms with Crippen LogP contribution in [0.3, 0.4) is 0 Å². The third-order valence-corrected chi connectivity index (χ3v) is 4.69. The summed E-state index contributed by atoms with van der Waals surface area (Å²) in [6, 6.07) is 5.79. The standard InChI is InChI=1S/C17H21NO3S/c1-11-12(2)22-10-14(11)17(19)18-8-7-13-5-6-15(20-3)16(9-13)21-4/h5-6,9-10H,7-8H2,1-4H3,(H,18,19). The van der Waals surface area contributed by atoms with Crippen molar-refractivity contribution in [3.05, 3.63) is 45.1 Å². The predicted molar refractivity (Wildman–Crippen MR) is 89.4 cm³/mol. The summed E-state index contributed by atoms with van der Waals surface area (Å²) in [5.41, 5.74) is 2.93. The van der Waals surface area contributed by atoms with Gasteiger partial charge >= 0.3 is 0 Å². The Labute approximate surface area is 135 Å². The molecular weight excluding hydrogens is 298 g/mol. The lowest BCUT2D eigenvalue weighted by Crippen LogP contribution is -2.25. The maximum absolute atomic E-state index is 12.1. The monoisotopic (exact) mass is 319 g/mol. The number of hydrogen-bond donors (Lipinski definition) is 1. The summed E-state index contributed by atoms with van der Waals surface area (Å²) in [5.74, 6) is 1.40. The van der Waals surface area contributed by atoms with Crippen LogP contribution in [-0.2, 0) is 6.42 Å². The van der Waals surface area contributed by atoms with Gasteiger partial charge in [0.25, 0.3) is 5.91 Å². The summed E-state index contributed by atoms with van der Waals surface area (Å²) >= 11 is 1.61.